The first kappa shape index (κ1) is 35.6. The van der Waals surface area contributed by atoms with Gasteiger partial charge in [0.2, 0.25) is 0 Å². The number of hydrogen-bond acceptors (Lipinski definition) is 3. The Bertz CT molecular complexity index is 3610. The average Bonchev–Trinajstić information content (AvgIpc) is 3.91. The third-order valence-corrected chi connectivity index (χ3v) is 14.4. The summed E-state index contributed by atoms with van der Waals surface area (Å²) < 4.78 is 5.26. The predicted octanol–water partition coefficient (Wildman–Crippen LogP) is 17.7. The fraction of sp³-hybridized carbons (Fsp3) is 0. The molecule has 0 aliphatic rings. The van der Waals surface area contributed by atoms with Gasteiger partial charge < -0.3 is 4.90 Å². The van der Waals surface area contributed by atoms with Crippen LogP contribution >= 0.6 is 22.7 Å². The van der Waals surface area contributed by atoms with Gasteiger partial charge in [-0.15, -0.1) is 22.7 Å². The number of nitrogens with zero attached hydrogens (tertiary/aromatic N) is 1. The number of thiophene rings is 2. The van der Waals surface area contributed by atoms with Gasteiger partial charge in [-0.1, -0.05) is 164 Å². The number of anilines is 3. The highest BCUT2D eigenvalue weighted by molar-refractivity contribution is 7.26. The SMILES string of the molecule is c1cc(-c2cccc(N(c3ccc(-c4ccc5ccccc5c4)cc3)c3ccccc3-c3cccc4sc5ccccc5c34)c2)cc(-c2cccc3c2sc2ccccc23)c1. The van der Waals surface area contributed by atoms with Crippen molar-refractivity contribution in [2.45, 2.75) is 0 Å². The summed E-state index contributed by atoms with van der Waals surface area (Å²) in [6.45, 7) is 0. The Morgan fingerprint density at radius 1 is 0.295 bits per heavy atom. The molecule has 0 amide bonds. The van der Waals surface area contributed by atoms with E-state index in [1.54, 1.807) is 0 Å². The molecule has 2 heterocycles. The molecular weight excluding hydrogens is 775 g/mol. The van der Waals surface area contributed by atoms with Crippen LogP contribution in [0.1, 0.15) is 0 Å². The topological polar surface area (TPSA) is 3.24 Å². The van der Waals surface area contributed by atoms with E-state index in [1.165, 1.54) is 95.6 Å². The molecule has 0 saturated carbocycles. The van der Waals surface area contributed by atoms with E-state index in [0.29, 0.717) is 0 Å². The van der Waals surface area contributed by atoms with Gasteiger partial charge in [0.15, 0.2) is 0 Å². The zero-order chi connectivity index (χ0) is 40.3. The Hall–Kier alpha value is -7.30. The van der Waals surface area contributed by atoms with Crippen LogP contribution in [0.25, 0.3) is 95.6 Å². The predicted molar refractivity (Wildman–Crippen MR) is 266 cm³/mol. The minimum atomic E-state index is 1.10. The first-order valence-electron chi connectivity index (χ1n) is 20.7. The number of hydrogen-bond donors (Lipinski definition) is 0. The van der Waals surface area contributed by atoms with Crippen LogP contribution in [-0.2, 0) is 0 Å². The molecule has 0 fully saturated rings. The number of rotatable bonds is 7. The minimum Gasteiger partial charge on any atom is -0.310 e. The molecule has 1 nitrogen and oxygen atoms in total. The molecule has 0 radical (unpaired) electrons. The van der Waals surface area contributed by atoms with Crippen LogP contribution in [0.15, 0.2) is 224 Å². The van der Waals surface area contributed by atoms with Gasteiger partial charge in [-0.2, -0.15) is 0 Å². The zero-order valence-electron chi connectivity index (χ0n) is 33.1. The second-order valence-corrected chi connectivity index (χ2v) is 17.8. The first-order chi connectivity index (χ1) is 30.2. The molecule has 12 rings (SSSR count). The lowest BCUT2D eigenvalue weighted by Crippen LogP contribution is -2.11. The van der Waals surface area contributed by atoms with Crippen LogP contribution in [0, 0.1) is 0 Å². The fourth-order valence-corrected chi connectivity index (χ4v) is 11.5. The van der Waals surface area contributed by atoms with Crippen molar-refractivity contribution in [3.05, 3.63) is 224 Å². The lowest BCUT2D eigenvalue weighted by Gasteiger charge is -2.28. The fourth-order valence-electron chi connectivity index (χ4n) is 9.16. The molecule has 0 saturated heterocycles. The van der Waals surface area contributed by atoms with Crippen molar-refractivity contribution in [1.29, 1.82) is 0 Å². The summed E-state index contributed by atoms with van der Waals surface area (Å²) in [5, 5.41) is 7.74. The van der Waals surface area contributed by atoms with Gasteiger partial charge in [0.25, 0.3) is 0 Å². The second kappa shape index (κ2) is 14.8. The molecule has 3 heteroatoms. The van der Waals surface area contributed by atoms with E-state index in [0.717, 1.165) is 17.1 Å². The summed E-state index contributed by atoms with van der Waals surface area (Å²) in [6.07, 6.45) is 0. The zero-order valence-corrected chi connectivity index (χ0v) is 34.8. The Balaban J connectivity index is 1.01. The maximum absolute atomic E-state index is 2.44. The smallest absolute Gasteiger partial charge is 0.0540 e. The van der Waals surface area contributed by atoms with Crippen molar-refractivity contribution in [2.24, 2.45) is 0 Å². The molecule has 286 valence electrons. The van der Waals surface area contributed by atoms with Crippen LogP contribution < -0.4 is 4.90 Å². The Morgan fingerprint density at radius 2 is 0.885 bits per heavy atom. The van der Waals surface area contributed by atoms with Crippen molar-refractivity contribution in [3.8, 4) is 44.5 Å². The summed E-state index contributed by atoms with van der Waals surface area (Å²) in [5.41, 5.74) is 13.0. The maximum Gasteiger partial charge on any atom is 0.0540 e. The van der Waals surface area contributed by atoms with Gasteiger partial charge in [0, 0.05) is 57.3 Å². The molecule has 2 aromatic heterocycles. The van der Waals surface area contributed by atoms with Gasteiger partial charge >= 0.3 is 0 Å². The monoisotopic (exact) mass is 811 g/mol. The van der Waals surface area contributed by atoms with E-state index < -0.39 is 0 Å². The lowest BCUT2D eigenvalue weighted by atomic mass is 9.96. The Kier molecular flexibility index (Phi) is 8.62. The van der Waals surface area contributed by atoms with Gasteiger partial charge in [0.1, 0.15) is 0 Å². The molecular formula is C58H37NS2. The largest absolute Gasteiger partial charge is 0.310 e. The molecule has 0 spiro atoms. The van der Waals surface area contributed by atoms with E-state index in [1.807, 2.05) is 22.7 Å². The highest BCUT2D eigenvalue weighted by Gasteiger charge is 2.21. The molecule has 0 atom stereocenters. The molecule has 10 aromatic carbocycles. The van der Waals surface area contributed by atoms with E-state index in [9.17, 15) is 0 Å². The summed E-state index contributed by atoms with van der Waals surface area (Å²) in [6, 6.07) is 82.5. The van der Waals surface area contributed by atoms with Gasteiger partial charge in [-0.05, 0) is 110 Å². The molecule has 0 bridgehead atoms. The average molecular weight is 812 g/mol. The summed E-state index contributed by atoms with van der Waals surface area (Å²) in [5.74, 6) is 0. The maximum atomic E-state index is 2.44. The molecule has 0 N–H and O–H groups in total. The summed E-state index contributed by atoms with van der Waals surface area (Å²) in [7, 11) is 0. The van der Waals surface area contributed by atoms with Crippen molar-refractivity contribution in [1.82, 2.24) is 0 Å². The highest BCUT2D eigenvalue weighted by atomic mass is 32.1. The van der Waals surface area contributed by atoms with E-state index >= 15 is 0 Å². The Labute approximate surface area is 362 Å². The van der Waals surface area contributed by atoms with Crippen LogP contribution in [0.5, 0.6) is 0 Å². The second-order valence-electron chi connectivity index (χ2n) is 15.6. The first-order valence-corrected chi connectivity index (χ1v) is 22.4. The number of fused-ring (bicyclic) bond motifs is 7. The molecule has 61 heavy (non-hydrogen) atoms. The van der Waals surface area contributed by atoms with E-state index in [-0.39, 0.29) is 0 Å². The van der Waals surface area contributed by atoms with Crippen molar-refractivity contribution in [2.75, 3.05) is 4.90 Å². The van der Waals surface area contributed by atoms with Gasteiger partial charge in [0.05, 0.1) is 5.69 Å². The molecule has 0 unspecified atom stereocenters. The van der Waals surface area contributed by atoms with E-state index in [4.69, 9.17) is 0 Å². The standard InChI is InChI=1S/C58H37NS2/c1-2-14-40-35-43(30-29-38(40)13-1)39-31-33-45(34-32-39)59(53-25-6-3-19-48(53)50-23-12-28-56-57(50)52-21-5-8-27-55(52)60-56)46-18-10-16-42(37-46)41-15-9-17-44(36-41)47-22-11-24-51-49-20-4-7-26-54(49)61-58(47)51/h1-37H. The number of benzene rings is 10. The molecule has 12 aromatic rings. The lowest BCUT2D eigenvalue weighted by molar-refractivity contribution is 1.28. The highest BCUT2D eigenvalue weighted by Crippen LogP contribution is 2.47. The van der Waals surface area contributed by atoms with Gasteiger partial charge in [-0.25, -0.2) is 0 Å². The summed E-state index contributed by atoms with van der Waals surface area (Å²) in [4.78, 5) is 2.44. The van der Waals surface area contributed by atoms with E-state index in [2.05, 4.69) is 229 Å². The van der Waals surface area contributed by atoms with Crippen LogP contribution in [0.4, 0.5) is 17.1 Å². The van der Waals surface area contributed by atoms with Crippen molar-refractivity contribution >= 4 is 90.9 Å². The van der Waals surface area contributed by atoms with Crippen molar-refractivity contribution in [3.63, 3.8) is 0 Å². The van der Waals surface area contributed by atoms with Crippen LogP contribution in [0.3, 0.4) is 0 Å². The minimum absolute atomic E-state index is 1.10. The van der Waals surface area contributed by atoms with Crippen LogP contribution in [-0.4, -0.2) is 0 Å². The third kappa shape index (κ3) is 6.21. The normalized spacial score (nSPS) is 11.6. The summed E-state index contributed by atoms with van der Waals surface area (Å²) >= 11 is 3.75. The van der Waals surface area contributed by atoms with Crippen LogP contribution in [0.2, 0.25) is 0 Å². The molecule has 0 aliphatic heterocycles. The molecule has 0 aliphatic carbocycles. The third-order valence-electron chi connectivity index (χ3n) is 12.1. The van der Waals surface area contributed by atoms with Crippen molar-refractivity contribution < 1.29 is 0 Å². The van der Waals surface area contributed by atoms with Gasteiger partial charge in [-0.3, -0.25) is 0 Å². The Morgan fingerprint density at radius 3 is 1.77 bits per heavy atom. The number of para-hydroxylation sites is 1. The quantitative estimate of drug-likeness (QED) is 0.155.